The van der Waals surface area contributed by atoms with Gasteiger partial charge in [-0.1, -0.05) is 34.8 Å². The van der Waals surface area contributed by atoms with Gasteiger partial charge in [0.2, 0.25) is 0 Å². The average Bonchev–Trinajstić information content (AvgIpc) is 2.87. The molecular weight excluding hydrogens is 603 g/mol. The smallest absolute Gasteiger partial charge is 0.355 e. The highest BCUT2D eigenvalue weighted by atomic mass is 35.5. The third kappa shape index (κ3) is 8.65. The number of halogens is 8. The summed E-state index contributed by atoms with van der Waals surface area (Å²) in [7, 11) is 3.82. The number of rotatable bonds is 9. The van der Waals surface area contributed by atoms with E-state index in [1.165, 1.54) is 24.3 Å². The van der Waals surface area contributed by atoms with E-state index in [2.05, 4.69) is 10.6 Å². The fourth-order valence-corrected chi connectivity index (χ4v) is 4.67. The monoisotopic (exact) mass is 631 g/mol. The number of anilines is 2. The molecule has 0 bridgehead atoms. The molecule has 0 radical (unpaired) electrons. The first kappa shape index (κ1) is 33.3. The average molecular weight is 632 g/mol. The summed E-state index contributed by atoms with van der Waals surface area (Å²) in [4.78, 5) is 15.1. The van der Waals surface area contributed by atoms with Gasteiger partial charge < -0.3 is 15.5 Å². The van der Waals surface area contributed by atoms with Crippen LogP contribution in [0.1, 0.15) is 52.9 Å². The van der Waals surface area contributed by atoms with Crippen molar-refractivity contribution in [2.75, 3.05) is 31.3 Å². The van der Waals surface area contributed by atoms with Gasteiger partial charge in [0.15, 0.2) is 0 Å². The van der Waals surface area contributed by atoms with Crippen LogP contribution in [0.4, 0.5) is 37.7 Å². The Morgan fingerprint density at radius 2 is 1.31 bits per heavy atom. The Kier molecular flexibility index (Phi) is 10.6. The van der Waals surface area contributed by atoms with Crippen molar-refractivity contribution in [2.24, 2.45) is 0 Å². The van der Waals surface area contributed by atoms with Crippen molar-refractivity contribution in [2.45, 2.75) is 39.0 Å². The summed E-state index contributed by atoms with van der Waals surface area (Å²) in [6.45, 7) is 4.32. The van der Waals surface area contributed by atoms with E-state index in [9.17, 15) is 31.1 Å². The number of nitrogens with zero attached hydrogens (tertiary/aromatic N) is 1. The van der Waals surface area contributed by atoms with Gasteiger partial charge in [0, 0.05) is 28.2 Å². The molecule has 0 aliphatic carbocycles. The SMILES string of the molecule is CC(C)=C(Nc1ccc(Cl)c(C(F)(F)F)c1)c1ccc(C(=O)Nc2ccc(Cl)c(C(F)(F)F)c2)cc1CCCN(C)C. The lowest BCUT2D eigenvalue weighted by atomic mass is 9.95. The first-order valence-electron chi connectivity index (χ1n) is 12.7. The van der Waals surface area contributed by atoms with Crippen LogP contribution in [-0.2, 0) is 18.8 Å². The minimum absolute atomic E-state index is 0.0789. The Morgan fingerprint density at radius 1 is 0.786 bits per heavy atom. The highest BCUT2D eigenvalue weighted by Crippen LogP contribution is 2.38. The standard InChI is InChI=1S/C30H29Cl2F6N3O/c1-17(2)27(39-20-8-11-25(31)23(15-20)29(33,34)35)22-10-7-19(14-18(22)6-5-13-41(3)4)28(42)40-21-9-12-26(32)24(16-21)30(36,37)38/h7-12,14-16,39H,5-6,13H2,1-4H3,(H,40,42). The van der Waals surface area contributed by atoms with Crippen LogP contribution < -0.4 is 10.6 Å². The Bertz CT molecular complexity index is 1480. The number of hydrogen-bond donors (Lipinski definition) is 2. The van der Waals surface area contributed by atoms with Gasteiger partial charge in [0.1, 0.15) is 0 Å². The maximum absolute atomic E-state index is 13.5. The Balaban J connectivity index is 1.99. The van der Waals surface area contributed by atoms with Crippen LogP contribution in [0.2, 0.25) is 10.0 Å². The summed E-state index contributed by atoms with van der Waals surface area (Å²) in [6.07, 6.45) is -8.12. The van der Waals surface area contributed by atoms with E-state index in [4.69, 9.17) is 23.2 Å². The first-order chi connectivity index (χ1) is 19.5. The fraction of sp³-hybridized carbons (Fsp3) is 0.300. The zero-order valence-electron chi connectivity index (χ0n) is 23.2. The molecule has 0 saturated carbocycles. The lowest BCUT2D eigenvalue weighted by Crippen LogP contribution is -2.16. The summed E-state index contributed by atoms with van der Waals surface area (Å²) in [5.41, 5.74) is 0.950. The van der Waals surface area contributed by atoms with E-state index in [1.54, 1.807) is 26.0 Å². The van der Waals surface area contributed by atoms with Crippen LogP contribution in [-0.4, -0.2) is 31.4 Å². The van der Waals surface area contributed by atoms with Gasteiger partial charge in [-0.2, -0.15) is 26.3 Å². The molecule has 3 rings (SSSR count). The Hall–Kier alpha value is -3.21. The molecule has 0 heterocycles. The van der Waals surface area contributed by atoms with Crippen molar-refractivity contribution >= 4 is 46.2 Å². The van der Waals surface area contributed by atoms with Gasteiger partial charge in [-0.25, -0.2) is 0 Å². The van der Waals surface area contributed by atoms with Gasteiger partial charge in [-0.05, 0) is 101 Å². The summed E-state index contributed by atoms with van der Waals surface area (Å²) in [5.74, 6) is -0.634. The van der Waals surface area contributed by atoms with Gasteiger partial charge in [-0.3, -0.25) is 4.79 Å². The molecule has 0 spiro atoms. The molecule has 2 N–H and O–H groups in total. The normalized spacial score (nSPS) is 11.9. The molecular formula is C30H29Cl2F6N3O. The van der Waals surface area contributed by atoms with E-state index in [0.717, 1.165) is 35.9 Å². The van der Waals surface area contributed by atoms with Crippen molar-refractivity contribution < 1.29 is 31.1 Å². The number of amides is 1. The van der Waals surface area contributed by atoms with Crippen LogP contribution in [0.25, 0.3) is 5.70 Å². The molecule has 0 unspecified atom stereocenters. The van der Waals surface area contributed by atoms with E-state index < -0.39 is 39.4 Å². The van der Waals surface area contributed by atoms with E-state index >= 15 is 0 Å². The summed E-state index contributed by atoms with van der Waals surface area (Å²) < 4.78 is 80.3. The summed E-state index contributed by atoms with van der Waals surface area (Å²) in [6, 6.07) is 11.4. The molecule has 3 aromatic rings. The molecule has 12 heteroatoms. The maximum Gasteiger partial charge on any atom is 0.417 e. The predicted molar refractivity (Wildman–Crippen MR) is 156 cm³/mol. The second-order valence-corrected chi connectivity index (χ2v) is 10.9. The van der Waals surface area contributed by atoms with Crippen LogP contribution in [0.3, 0.4) is 0 Å². The molecule has 1 amide bonds. The summed E-state index contributed by atoms with van der Waals surface area (Å²) in [5, 5.41) is 4.65. The number of nitrogens with one attached hydrogen (secondary N) is 2. The van der Waals surface area contributed by atoms with Crippen molar-refractivity contribution in [3.05, 3.63) is 98.0 Å². The zero-order chi connectivity index (χ0) is 31.4. The molecule has 226 valence electrons. The quantitative estimate of drug-likeness (QED) is 0.231. The predicted octanol–water partition coefficient (Wildman–Crippen LogP) is 9.64. The van der Waals surface area contributed by atoms with Crippen LogP contribution in [0.5, 0.6) is 0 Å². The minimum Gasteiger partial charge on any atom is -0.355 e. The number of carbonyl (C=O) groups excluding carboxylic acids is 1. The molecule has 42 heavy (non-hydrogen) atoms. The lowest BCUT2D eigenvalue weighted by molar-refractivity contribution is -0.138. The van der Waals surface area contributed by atoms with E-state index in [-0.39, 0.29) is 16.9 Å². The highest BCUT2D eigenvalue weighted by molar-refractivity contribution is 6.31. The molecule has 0 atom stereocenters. The fourth-order valence-electron chi connectivity index (χ4n) is 4.22. The van der Waals surface area contributed by atoms with Crippen molar-refractivity contribution in [1.29, 1.82) is 0 Å². The van der Waals surface area contributed by atoms with Gasteiger partial charge in [-0.15, -0.1) is 0 Å². The number of alkyl halides is 6. The van der Waals surface area contributed by atoms with Crippen LogP contribution >= 0.6 is 23.2 Å². The molecule has 0 aromatic heterocycles. The topological polar surface area (TPSA) is 44.4 Å². The van der Waals surface area contributed by atoms with Gasteiger partial charge >= 0.3 is 12.4 Å². The molecule has 3 aromatic carbocycles. The lowest BCUT2D eigenvalue weighted by Gasteiger charge is -2.20. The molecule has 0 aliphatic rings. The second-order valence-electron chi connectivity index (χ2n) is 10.1. The first-order valence-corrected chi connectivity index (χ1v) is 13.5. The molecule has 4 nitrogen and oxygen atoms in total. The third-order valence-electron chi connectivity index (χ3n) is 6.26. The summed E-state index contributed by atoms with van der Waals surface area (Å²) >= 11 is 11.5. The van der Waals surface area contributed by atoms with Crippen LogP contribution in [0, 0.1) is 0 Å². The second kappa shape index (κ2) is 13.4. The van der Waals surface area contributed by atoms with E-state index in [1.807, 2.05) is 19.0 Å². The van der Waals surface area contributed by atoms with Crippen LogP contribution in [0.15, 0.2) is 60.2 Å². The van der Waals surface area contributed by atoms with Crippen molar-refractivity contribution in [3.63, 3.8) is 0 Å². The molecule has 0 fully saturated rings. The minimum atomic E-state index is -4.70. The van der Waals surface area contributed by atoms with Crippen molar-refractivity contribution in [3.8, 4) is 0 Å². The van der Waals surface area contributed by atoms with Gasteiger partial charge in [0.05, 0.1) is 21.2 Å². The number of carbonyl (C=O) groups is 1. The molecule has 0 saturated heterocycles. The number of hydrogen-bond acceptors (Lipinski definition) is 3. The number of allylic oxidation sites excluding steroid dienone is 1. The maximum atomic E-state index is 13.5. The van der Waals surface area contributed by atoms with Crippen molar-refractivity contribution in [1.82, 2.24) is 4.90 Å². The Labute approximate surface area is 250 Å². The largest absolute Gasteiger partial charge is 0.417 e. The zero-order valence-corrected chi connectivity index (χ0v) is 24.7. The van der Waals surface area contributed by atoms with E-state index in [0.29, 0.717) is 24.1 Å². The highest BCUT2D eigenvalue weighted by Gasteiger charge is 2.34. The third-order valence-corrected chi connectivity index (χ3v) is 6.92. The molecule has 0 aliphatic heterocycles. The van der Waals surface area contributed by atoms with Gasteiger partial charge in [0.25, 0.3) is 5.91 Å². The number of benzene rings is 3. The Morgan fingerprint density at radius 3 is 1.79 bits per heavy atom. The number of aryl methyl sites for hydroxylation is 1.